The fraction of sp³-hybridized carbons (Fsp3) is 0.533. The zero-order valence-electron chi connectivity index (χ0n) is 12.2. The molecule has 1 aliphatic heterocycles. The number of methoxy groups -OCH3 is 1. The maximum Gasteiger partial charge on any atom is 0.254 e. The lowest BCUT2D eigenvalue weighted by molar-refractivity contribution is 0.0604. The van der Waals surface area contributed by atoms with Crippen LogP contribution in [-0.2, 0) is 0 Å². The van der Waals surface area contributed by atoms with E-state index < -0.39 is 5.82 Å². The molecule has 4 nitrogen and oxygen atoms in total. The lowest BCUT2D eigenvalue weighted by Gasteiger charge is -2.35. The predicted octanol–water partition coefficient (Wildman–Crippen LogP) is 2.60. The minimum Gasteiger partial charge on any atom is -0.494 e. The molecule has 0 radical (unpaired) electrons. The fourth-order valence-corrected chi connectivity index (χ4v) is 2.73. The molecule has 1 amide bonds. The summed E-state index contributed by atoms with van der Waals surface area (Å²) in [4.78, 5) is 14.3. The Kier molecular flexibility index (Phi) is 6.92. The first kappa shape index (κ1) is 17.7. The Labute approximate surface area is 130 Å². The molecule has 0 saturated carbocycles. The van der Waals surface area contributed by atoms with E-state index in [1.807, 2.05) is 4.90 Å². The van der Waals surface area contributed by atoms with Gasteiger partial charge in [-0.2, -0.15) is 0 Å². The monoisotopic (exact) mass is 316 g/mol. The van der Waals surface area contributed by atoms with Gasteiger partial charge in [0.05, 0.1) is 7.11 Å². The van der Waals surface area contributed by atoms with Crippen LogP contribution in [0.5, 0.6) is 5.75 Å². The Balaban J connectivity index is 0.00000220. The van der Waals surface area contributed by atoms with Crippen molar-refractivity contribution < 1.29 is 13.9 Å². The second-order valence-electron chi connectivity index (χ2n) is 5.07. The second kappa shape index (κ2) is 8.20. The van der Waals surface area contributed by atoms with Crippen LogP contribution in [0.1, 0.15) is 36.0 Å². The third-order valence-electron chi connectivity index (χ3n) is 3.79. The van der Waals surface area contributed by atoms with Gasteiger partial charge >= 0.3 is 0 Å². The molecule has 1 aliphatic rings. The first-order valence-electron chi connectivity index (χ1n) is 7.02. The highest BCUT2D eigenvalue weighted by molar-refractivity contribution is 5.94. The third kappa shape index (κ3) is 4.08. The number of carbonyl (C=O) groups is 1. The minimum atomic E-state index is -0.509. The van der Waals surface area contributed by atoms with E-state index >= 15 is 0 Å². The van der Waals surface area contributed by atoms with Crippen molar-refractivity contribution in [3.8, 4) is 5.75 Å². The number of ether oxygens (including phenoxy) is 1. The Hall–Kier alpha value is -1.33. The molecule has 1 fully saturated rings. The maximum atomic E-state index is 13.7. The van der Waals surface area contributed by atoms with Crippen molar-refractivity contribution in [3.63, 3.8) is 0 Å². The van der Waals surface area contributed by atoms with Gasteiger partial charge in [-0.15, -0.1) is 12.4 Å². The number of piperidine rings is 1. The quantitative estimate of drug-likeness (QED) is 0.929. The normalized spacial score (nSPS) is 18.0. The smallest absolute Gasteiger partial charge is 0.254 e. The van der Waals surface area contributed by atoms with Gasteiger partial charge in [0.25, 0.3) is 5.91 Å². The van der Waals surface area contributed by atoms with Gasteiger partial charge in [-0.1, -0.05) is 0 Å². The van der Waals surface area contributed by atoms with E-state index in [9.17, 15) is 9.18 Å². The van der Waals surface area contributed by atoms with Crippen LogP contribution < -0.4 is 10.5 Å². The van der Waals surface area contributed by atoms with Gasteiger partial charge in [0.15, 0.2) is 11.6 Å². The van der Waals surface area contributed by atoms with Gasteiger partial charge < -0.3 is 15.4 Å². The highest BCUT2D eigenvalue weighted by atomic mass is 35.5. The Morgan fingerprint density at radius 2 is 2.24 bits per heavy atom. The number of benzene rings is 1. The number of halogens is 2. The van der Waals surface area contributed by atoms with Crippen molar-refractivity contribution >= 4 is 18.3 Å². The van der Waals surface area contributed by atoms with E-state index in [0.29, 0.717) is 12.1 Å². The van der Waals surface area contributed by atoms with Gasteiger partial charge in [-0.05, 0) is 50.4 Å². The summed E-state index contributed by atoms with van der Waals surface area (Å²) in [5.74, 6) is -0.478. The van der Waals surface area contributed by atoms with Crippen LogP contribution in [0.3, 0.4) is 0 Å². The van der Waals surface area contributed by atoms with Gasteiger partial charge in [-0.25, -0.2) is 4.39 Å². The summed E-state index contributed by atoms with van der Waals surface area (Å²) in [7, 11) is 1.40. The van der Waals surface area contributed by atoms with E-state index in [1.54, 1.807) is 6.07 Å². The molecule has 1 unspecified atom stereocenters. The molecular formula is C15H22ClFN2O2. The summed E-state index contributed by atoms with van der Waals surface area (Å²) >= 11 is 0. The van der Waals surface area contributed by atoms with Crippen molar-refractivity contribution in [3.05, 3.63) is 29.6 Å². The summed E-state index contributed by atoms with van der Waals surface area (Å²) < 4.78 is 18.6. The van der Waals surface area contributed by atoms with Crippen LogP contribution in [0.25, 0.3) is 0 Å². The zero-order valence-corrected chi connectivity index (χ0v) is 13.0. The molecule has 1 atom stereocenters. The van der Waals surface area contributed by atoms with Gasteiger partial charge in [0, 0.05) is 18.2 Å². The molecule has 6 heteroatoms. The summed E-state index contributed by atoms with van der Waals surface area (Å²) in [5, 5.41) is 0. The standard InChI is InChI=1S/C15H21FN2O2.ClH/c1-20-14-6-5-11(10-13(14)16)15(19)18-9-3-2-4-12(18)7-8-17;/h5-6,10,12H,2-4,7-9,17H2,1H3;1H. The lowest BCUT2D eigenvalue weighted by Crippen LogP contribution is -2.44. The largest absolute Gasteiger partial charge is 0.494 e. The topological polar surface area (TPSA) is 55.6 Å². The Morgan fingerprint density at radius 1 is 1.48 bits per heavy atom. The van der Waals surface area contributed by atoms with Gasteiger partial charge in [0.2, 0.25) is 0 Å². The fourth-order valence-electron chi connectivity index (χ4n) is 2.73. The molecule has 1 heterocycles. The third-order valence-corrected chi connectivity index (χ3v) is 3.79. The van der Waals surface area contributed by atoms with Gasteiger partial charge in [0.1, 0.15) is 0 Å². The molecule has 0 bridgehead atoms. The van der Waals surface area contributed by atoms with Crippen molar-refractivity contribution in [1.29, 1.82) is 0 Å². The van der Waals surface area contributed by atoms with Crippen LogP contribution in [0.4, 0.5) is 4.39 Å². The summed E-state index contributed by atoms with van der Waals surface area (Å²) in [6, 6.07) is 4.52. The van der Waals surface area contributed by atoms with E-state index in [4.69, 9.17) is 10.5 Å². The Bertz CT molecular complexity index is 483. The van der Waals surface area contributed by atoms with Crippen LogP contribution in [0.15, 0.2) is 18.2 Å². The van der Waals surface area contributed by atoms with Crippen LogP contribution in [0.2, 0.25) is 0 Å². The summed E-state index contributed by atoms with van der Waals surface area (Å²) in [6.45, 7) is 1.28. The highest BCUT2D eigenvalue weighted by Gasteiger charge is 2.27. The molecule has 2 rings (SSSR count). The van der Waals surface area contributed by atoms with Gasteiger partial charge in [-0.3, -0.25) is 4.79 Å². The minimum absolute atomic E-state index is 0. The molecule has 1 saturated heterocycles. The average Bonchev–Trinajstić information content (AvgIpc) is 2.47. The summed E-state index contributed by atoms with van der Waals surface area (Å²) in [5.41, 5.74) is 5.98. The van der Waals surface area contributed by atoms with E-state index in [-0.39, 0.29) is 30.1 Å². The van der Waals surface area contributed by atoms with Crippen molar-refractivity contribution in [2.24, 2.45) is 5.73 Å². The number of nitrogens with two attached hydrogens (primary N) is 1. The highest BCUT2D eigenvalue weighted by Crippen LogP contribution is 2.24. The SMILES string of the molecule is COc1ccc(C(=O)N2CCCCC2CCN)cc1F.Cl. The Morgan fingerprint density at radius 3 is 2.86 bits per heavy atom. The molecule has 21 heavy (non-hydrogen) atoms. The number of rotatable bonds is 4. The molecule has 118 valence electrons. The molecule has 1 aromatic rings. The predicted molar refractivity (Wildman–Crippen MR) is 82.5 cm³/mol. The number of hydrogen-bond donors (Lipinski definition) is 1. The molecular weight excluding hydrogens is 295 g/mol. The second-order valence-corrected chi connectivity index (χ2v) is 5.07. The first-order valence-corrected chi connectivity index (χ1v) is 7.02. The lowest BCUT2D eigenvalue weighted by atomic mass is 9.98. The van der Waals surface area contributed by atoms with Crippen LogP contribution >= 0.6 is 12.4 Å². The summed E-state index contributed by atoms with van der Waals surface area (Å²) in [6.07, 6.45) is 3.88. The van der Waals surface area contributed by atoms with Crippen LogP contribution in [-0.4, -0.2) is 37.0 Å². The molecule has 0 aromatic heterocycles. The number of carbonyl (C=O) groups excluding carboxylic acids is 1. The molecule has 1 aromatic carbocycles. The number of nitrogens with zero attached hydrogens (tertiary/aromatic N) is 1. The average molecular weight is 317 g/mol. The number of hydrogen-bond acceptors (Lipinski definition) is 3. The van der Waals surface area contributed by atoms with E-state index in [2.05, 4.69) is 0 Å². The first-order chi connectivity index (χ1) is 9.67. The van der Waals surface area contributed by atoms with Crippen LogP contribution in [0, 0.1) is 5.82 Å². The van der Waals surface area contributed by atoms with E-state index in [1.165, 1.54) is 19.2 Å². The maximum absolute atomic E-state index is 13.7. The van der Waals surface area contributed by atoms with Crippen molar-refractivity contribution in [1.82, 2.24) is 4.90 Å². The van der Waals surface area contributed by atoms with Crippen molar-refractivity contribution in [2.75, 3.05) is 20.2 Å². The molecule has 0 aliphatic carbocycles. The number of amides is 1. The number of likely N-dealkylation sites (tertiary alicyclic amines) is 1. The van der Waals surface area contributed by atoms with E-state index in [0.717, 1.165) is 32.2 Å². The van der Waals surface area contributed by atoms with Crippen molar-refractivity contribution in [2.45, 2.75) is 31.7 Å². The molecule has 2 N–H and O–H groups in total. The zero-order chi connectivity index (χ0) is 14.5. The molecule has 0 spiro atoms.